The summed E-state index contributed by atoms with van der Waals surface area (Å²) < 4.78 is 5.82. The molecule has 1 saturated carbocycles. The Hall–Kier alpha value is -1.61. The van der Waals surface area contributed by atoms with Gasteiger partial charge in [0.25, 0.3) is 0 Å². The van der Waals surface area contributed by atoms with Crippen molar-refractivity contribution in [3.05, 3.63) is 36.5 Å². The quantitative estimate of drug-likeness (QED) is 0.901. The molecule has 18 heavy (non-hydrogen) atoms. The number of fused-ring (bicyclic) bond motifs is 1. The molecule has 0 atom stereocenters. The van der Waals surface area contributed by atoms with Crippen molar-refractivity contribution in [1.82, 2.24) is 4.98 Å². The normalized spacial score (nSPS) is 18.1. The molecule has 1 N–H and O–H groups in total. The van der Waals surface area contributed by atoms with Gasteiger partial charge in [-0.15, -0.1) is 0 Å². The fraction of sp³-hybridized carbons (Fsp3) is 0.400. The lowest BCUT2D eigenvalue weighted by molar-refractivity contribution is 0.00188. The molecule has 1 aromatic carbocycles. The van der Waals surface area contributed by atoms with Gasteiger partial charge in [-0.2, -0.15) is 0 Å². The average Bonchev–Trinajstić information content (AvgIpc) is 2.84. The van der Waals surface area contributed by atoms with Crippen LogP contribution in [0.25, 0.3) is 10.9 Å². The highest BCUT2D eigenvalue weighted by Gasteiger charge is 2.31. The molecular weight excluding hydrogens is 226 g/mol. The molecule has 0 bridgehead atoms. The van der Waals surface area contributed by atoms with E-state index in [1.165, 1.54) is 0 Å². The minimum atomic E-state index is -0.635. The lowest BCUT2D eigenvalue weighted by Gasteiger charge is -2.22. The molecule has 94 valence electrons. The molecule has 1 aliphatic carbocycles. The zero-order valence-corrected chi connectivity index (χ0v) is 10.3. The molecule has 1 aromatic heterocycles. The van der Waals surface area contributed by atoms with Gasteiger partial charge in [-0.1, -0.05) is 18.9 Å². The van der Waals surface area contributed by atoms with Crippen LogP contribution in [0.2, 0.25) is 0 Å². The van der Waals surface area contributed by atoms with Gasteiger partial charge in [-0.3, -0.25) is 4.98 Å². The second-order valence-electron chi connectivity index (χ2n) is 5.05. The van der Waals surface area contributed by atoms with Gasteiger partial charge in [-0.05, 0) is 37.1 Å². The van der Waals surface area contributed by atoms with E-state index in [0.717, 1.165) is 42.3 Å². The van der Waals surface area contributed by atoms with Gasteiger partial charge in [0.2, 0.25) is 0 Å². The SMILES string of the molecule is OC1(COc2cccc3ncccc23)CCCC1. The topological polar surface area (TPSA) is 42.4 Å². The molecule has 2 aromatic rings. The zero-order valence-electron chi connectivity index (χ0n) is 10.3. The third kappa shape index (κ3) is 2.18. The number of pyridine rings is 1. The molecule has 1 heterocycles. The Bertz CT molecular complexity index is 542. The van der Waals surface area contributed by atoms with Crippen LogP contribution in [0.3, 0.4) is 0 Å². The summed E-state index contributed by atoms with van der Waals surface area (Å²) in [7, 11) is 0. The van der Waals surface area contributed by atoms with Crippen molar-refractivity contribution in [3.63, 3.8) is 0 Å². The molecule has 0 saturated heterocycles. The first-order valence-corrected chi connectivity index (χ1v) is 6.46. The highest BCUT2D eigenvalue weighted by atomic mass is 16.5. The summed E-state index contributed by atoms with van der Waals surface area (Å²) in [4.78, 5) is 4.30. The summed E-state index contributed by atoms with van der Waals surface area (Å²) in [5.74, 6) is 0.806. The summed E-state index contributed by atoms with van der Waals surface area (Å²) in [5, 5.41) is 11.3. The highest BCUT2D eigenvalue weighted by molar-refractivity contribution is 5.84. The highest BCUT2D eigenvalue weighted by Crippen LogP contribution is 2.31. The van der Waals surface area contributed by atoms with Crippen LogP contribution in [0, 0.1) is 0 Å². The van der Waals surface area contributed by atoms with E-state index in [4.69, 9.17) is 4.74 Å². The monoisotopic (exact) mass is 243 g/mol. The summed E-state index contributed by atoms with van der Waals surface area (Å²) in [6.45, 7) is 0.376. The lowest BCUT2D eigenvalue weighted by atomic mass is 10.0. The fourth-order valence-electron chi connectivity index (χ4n) is 2.59. The van der Waals surface area contributed by atoms with E-state index >= 15 is 0 Å². The molecule has 3 rings (SSSR count). The van der Waals surface area contributed by atoms with E-state index in [1.54, 1.807) is 6.20 Å². The van der Waals surface area contributed by atoms with Gasteiger partial charge in [0.1, 0.15) is 12.4 Å². The van der Waals surface area contributed by atoms with Gasteiger partial charge in [-0.25, -0.2) is 0 Å². The van der Waals surface area contributed by atoms with Gasteiger partial charge in [0.15, 0.2) is 0 Å². The number of rotatable bonds is 3. The van der Waals surface area contributed by atoms with E-state index in [1.807, 2.05) is 30.3 Å². The third-order valence-electron chi connectivity index (χ3n) is 3.64. The average molecular weight is 243 g/mol. The summed E-state index contributed by atoms with van der Waals surface area (Å²) in [6, 6.07) is 9.73. The second-order valence-corrected chi connectivity index (χ2v) is 5.05. The molecule has 1 fully saturated rings. The molecule has 0 spiro atoms. The van der Waals surface area contributed by atoms with Crippen LogP contribution in [0.5, 0.6) is 5.75 Å². The minimum absolute atomic E-state index is 0.376. The smallest absolute Gasteiger partial charge is 0.128 e. The first-order chi connectivity index (χ1) is 8.77. The number of hydrogen-bond donors (Lipinski definition) is 1. The first-order valence-electron chi connectivity index (χ1n) is 6.46. The molecule has 3 heteroatoms. The fourth-order valence-corrected chi connectivity index (χ4v) is 2.59. The van der Waals surface area contributed by atoms with Crippen molar-refractivity contribution in [2.45, 2.75) is 31.3 Å². The second kappa shape index (κ2) is 4.58. The van der Waals surface area contributed by atoms with Crippen LogP contribution in [0.4, 0.5) is 0 Å². The van der Waals surface area contributed by atoms with Crippen LogP contribution in [-0.4, -0.2) is 22.3 Å². The Morgan fingerprint density at radius 3 is 2.83 bits per heavy atom. The van der Waals surface area contributed by atoms with E-state index in [2.05, 4.69) is 4.98 Å². The Kier molecular flexibility index (Phi) is 2.92. The number of hydrogen-bond acceptors (Lipinski definition) is 3. The maximum absolute atomic E-state index is 10.3. The van der Waals surface area contributed by atoms with Crippen molar-refractivity contribution in [2.24, 2.45) is 0 Å². The van der Waals surface area contributed by atoms with Crippen LogP contribution in [-0.2, 0) is 0 Å². The molecular formula is C15H17NO2. The van der Waals surface area contributed by atoms with Crippen molar-refractivity contribution >= 4 is 10.9 Å². The Morgan fingerprint density at radius 1 is 1.17 bits per heavy atom. The molecule has 0 radical (unpaired) electrons. The van der Waals surface area contributed by atoms with E-state index in [-0.39, 0.29) is 0 Å². The Labute approximate surface area is 106 Å². The lowest BCUT2D eigenvalue weighted by Crippen LogP contribution is -2.32. The minimum Gasteiger partial charge on any atom is -0.490 e. The van der Waals surface area contributed by atoms with Crippen molar-refractivity contribution in [1.29, 1.82) is 0 Å². The van der Waals surface area contributed by atoms with Crippen molar-refractivity contribution < 1.29 is 9.84 Å². The molecule has 0 amide bonds. The number of aliphatic hydroxyl groups is 1. The van der Waals surface area contributed by atoms with Gasteiger partial charge < -0.3 is 9.84 Å². The predicted molar refractivity (Wildman–Crippen MR) is 70.7 cm³/mol. The van der Waals surface area contributed by atoms with Crippen LogP contribution in [0.15, 0.2) is 36.5 Å². The number of aromatic nitrogens is 1. The number of ether oxygens (including phenoxy) is 1. The Balaban J connectivity index is 1.82. The van der Waals surface area contributed by atoms with Gasteiger partial charge in [0, 0.05) is 11.6 Å². The van der Waals surface area contributed by atoms with Gasteiger partial charge in [0.05, 0.1) is 11.1 Å². The molecule has 0 aliphatic heterocycles. The first kappa shape index (κ1) is 11.5. The maximum Gasteiger partial charge on any atom is 0.128 e. The zero-order chi connectivity index (χ0) is 12.4. The Morgan fingerprint density at radius 2 is 2.00 bits per heavy atom. The summed E-state index contributed by atoms with van der Waals surface area (Å²) in [5.41, 5.74) is 0.290. The summed E-state index contributed by atoms with van der Waals surface area (Å²) in [6.07, 6.45) is 5.65. The predicted octanol–water partition coefficient (Wildman–Crippen LogP) is 2.92. The standard InChI is InChI=1S/C15H17NO2/c17-15(8-1-2-9-15)11-18-14-7-3-6-13-12(14)5-4-10-16-13/h3-7,10,17H,1-2,8-9,11H2. The van der Waals surface area contributed by atoms with E-state index in [9.17, 15) is 5.11 Å². The largest absolute Gasteiger partial charge is 0.490 e. The van der Waals surface area contributed by atoms with Gasteiger partial charge >= 0.3 is 0 Å². The molecule has 1 aliphatic rings. The van der Waals surface area contributed by atoms with E-state index < -0.39 is 5.60 Å². The molecule has 3 nitrogen and oxygen atoms in total. The number of benzene rings is 1. The van der Waals surface area contributed by atoms with Crippen molar-refractivity contribution in [3.8, 4) is 5.75 Å². The van der Waals surface area contributed by atoms with E-state index in [0.29, 0.717) is 6.61 Å². The van der Waals surface area contributed by atoms with Crippen LogP contribution >= 0.6 is 0 Å². The van der Waals surface area contributed by atoms with Crippen molar-refractivity contribution in [2.75, 3.05) is 6.61 Å². The third-order valence-corrected chi connectivity index (χ3v) is 3.64. The maximum atomic E-state index is 10.3. The van der Waals surface area contributed by atoms with Crippen LogP contribution < -0.4 is 4.74 Å². The molecule has 0 unspecified atom stereocenters. The summed E-state index contributed by atoms with van der Waals surface area (Å²) >= 11 is 0. The van der Waals surface area contributed by atoms with Crippen LogP contribution in [0.1, 0.15) is 25.7 Å². The number of nitrogens with zero attached hydrogens (tertiary/aromatic N) is 1.